The van der Waals surface area contributed by atoms with E-state index in [2.05, 4.69) is 5.32 Å². The van der Waals surface area contributed by atoms with Crippen molar-refractivity contribution < 1.29 is 14.3 Å². The summed E-state index contributed by atoms with van der Waals surface area (Å²) in [5.41, 5.74) is 2.12. The molecule has 0 saturated carbocycles. The Balaban J connectivity index is 1.92. The fourth-order valence-corrected chi connectivity index (χ4v) is 2.38. The zero-order chi connectivity index (χ0) is 17.5. The number of carbonyl (C=O) groups is 1. The van der Waals surface area contributed by atoms with Gasteiger partial charge in [-0.25, -0.2) is 0 Å². The summed E-state index contributed by atoms with van der Waals surface area (Å²) in [4.78, 5) is 12.3. The van der Waals surface area contributed by atoms with Crippen LogP contribution in [0.15, 0.2) is 48.5 Å². The number of hydrogen-bond acceptors (Lipinski definition) is 3. The Hall–Kier alpha value is -2.49. The maximum Gasteiger partial charge on any atom is 0.261 e. The molecule has 0 aliphatic rings. The van der Waals surface area contributed by atoms with Gasteiger partial charge < -0.3 is 14.8 Å². The predicted octanol–water partition coefficient (Wildman–Crippen LogP) is 4.04. The van der Waals surface area contributed by atoms with E-state index in [1.807, 2.05) is 69.3 Å². The molecule has 2 aromatic carbocycles. The number of carbonyl (C=O) groups excluding carboxylic acids is 1. The average molecular weight is 327 g/mol. The molecule has 4 nitrogen and oxygen atoms in total. The van der Waals surface area contributed by atoms with Gasteiger partial charge in [-0.3, -0.25) is 4.79 Å². The molecule has 0 heterocycles. The molecule has 0 saturated heterocycles. The monoisotopic (exact) mass is 327 g/mol. The van der Waals surface area contributed by atoms with Gasteiger partial charge in [0, 0.05) is 0 Å². The number of ether oxygens (including phenoxy) is 2. The van der Waals surface area contributed by atoms with Crippen LogP contribution in [0.25, 0.3) is 0 Å². The molecule has 2 aromatic rings. The van der Waals surface area contributed by atoms with E-state index >= 15 is 0 Å². The topological polar surface area (TPSA) is 47.6 Å². The van der Waals surface area contributed by atoms with Crippen molar-refractivity contribution in [2.24, 2.45) is 0 Å². The van der Waals surface area contributed by atoms with Crippen molar-refractivity contribution in [3.05, 3.63) is 59.7 Å². The van der Waals surface area contributed by atoms with Gasteiger partial charge >= 0.3 is 0 Å². The summed E-state index contributed by atoms with van der Waals surface area (Å²) in [5.74, 6) is 1.39. The van der Waals surface area contributed by atoms with Crippen molar-refractivity contribution >= 4 is 5.91 Å². The molecule has 0 radical (unpaired) electrons. The Kier molecular flexibility index (Phi) is 6.24. The van der Waals surface area contributed by atoms with Gasteiger partial charge in [0.25, 0.3) is 5.91 Å². The summed E-state index contributed by atoms with van der Waals surface area (Å²) in [5, 5.41) is 2.98. The van der Waals surface area contributed by atoms with Gasteiger partial charge in [0.1, 0.15) is 11.5 Å². The largest absolute Gasteiger partial charge is 0.494 e. The summed E-state index contributed by atoms with van der Waals surface area (Å²) in [7, 11) is 0. The summed E-state index contributed by atoms with van der Waals surface area (Å²) in [6.45, 7) is 8.28. The first kappa shape index (κ1) is 17.9. The molecule has 0 aliphatic heterocycles. The van der Waals surface area contributed by atoms with Crippen molar-refractivity contribution in [3.8, 4) is 11.5 Å². The fraction of sp³-hybridized carbons (Fsp3) is 0.350. The van der Waals surface area contributed by atoms with E-state index in [0.717, 1.165) is 16.9 Å². The lowest BCUT2D eigenvalue weighted by atomic mass is 10.1. The second-order valence-corrected chi connectivity index (χ2v) is 5.81. The molecule has 24 heavy (non-hydrogen) atoms. The van der Waals surface area contributed by atoms with Gasteiger partial charge in [-0.05, 0) is 63.1 Å². The molecule has 0 aliphatic carbocycles. The number of hydrogen-bond donors (Lipinski definition) is 1. The standard InChI is InChI=1S/C20H25NO3/c1-5-23-18-11-9-17(10-12-18)15(3)21-20(22)16(4)24-19-8-6-7-14(2)13-19/h6-13,15-16H,5H2,1-4H3,(H,21,22)/t15-,16+/m0/s1. The van der Waals surface area contributed by atoms with E-state index in [4.69, 9.17) is 9.47 Å². The van der Waals surface area contributed by atoms with Crippen LogP contribution in [0.1, 0.15) is 37.9 Å². The predicted molar refractivity (Wildman–Crippen MR) is 95.4 cm³/mol. The molecule has 0 aromatic heterocycles. The highest BCUT2D eigenvalue weighted by molar-refractivity contribution is 5.81. The summed E-state index contributed by atoms with van der Waals surface area (Å²) >= 11 is 0. The molecule has 128 valence electrons. The Morgan fingerprint density at radius 1 is 1.08 bits per heavy atom. The third kappa shape index (κ3) is 5.01. The number of aryl methyl sites for hydroxylation is 1. The summed E-state index contributed by atoms with van der Waals surface area (Å²) in [6.07, 6.45) is -0.558. The van der Waals surface area contributed by atoms with Crippen molar-refractivity contribution in [2.75, 3.05) is 6.61 Å². The molecular formula is C20H25NO3. The molecule has 0 bridgehead atoms. The number of amides is 1. The average Bonchev–Trinajstić information content (AvgIpc) is 2.55. The van der Waals surface area contributed by atoms with Crippen molar-refractivity contribution in [3.63, 3.8) is 0 Å². The van der Waals surface area contributed by atoms with Gasteiger partial charge in [-0.15, -0.1) is 0 Å². The van der Waals surface area contributed by atoms with Gasteiger partial charge in [0.2, 0.25) is 0 Å². The zero-order valence-corrected chi connectivity index (χ0v) is 14.7. The van der Waals surface area contributed by atoms with Crippen LogP contribution in [-0.4, -0.2) is 18.6 Å². The second-order valence-electron chi connectivity index (χ2n) is 5.81. The smallest absolute Gasteiger partial charge is 0.261 e. The van der Waals surface area contributed by atoms with E-state index in [-0.39, 0.29) is 11.9 Å². The fourth-order valence-electron chi connectivity index (χ4n) is 2.38. The lowest BCUT2D eigenvalue weighted by Crippen LogP contribution is -2.37. The Morgan fingerprint density at radius 2 is 1.79 bits per heavy atom. The zero-order valence-electron chi connectivity index (χ0n) is 14.7. The molecule has 1 amide bonds. The maximum absolute atomic E-state index is 12.3. The summed E-state index contributed by atoms with van der Waals surface area (Å²) in [6, 6.07) is 15.3. The highest BCUT2D eigenvalue weighted by Crippen LogP contribution is 2.18. The van der Waals surface area contributed by atoms with E-state index in [1.54, 1.807) is 6.92 Å². The third-order valence-corrected chi connectivity index (χ3v) is 3.72. The number of nitrogens with one attached hydrogen (secondary N) is 1. The van der Waals surface area contributed by atoms with Crippen LogP contribution in [0.4, 0.5) is 0 Å². The Morgan fingerprint density at radius 3 is 2.42 bits per heavy atom. The SMILES string of the molecule is CCOc1ccc([C@H](C)NC(=O)[C@@H](C)Oc2cccc(C)c2)cc1. The molecule has 0 unspecified atom stereocenters. The third-order valence-electron chi connectivity index (χ3n) is 3.72. The maximum atomic E-state index is 12.3. The lowest BCUT2D eigenvalue weighted by Gasteiger charge is -2.19. The molecular weight excluding hydrogens is 302 g/mol. The number of benzene rings is 2. The van der Waals surface area contributed by atoms with E-state index < -0.39 is 6.10 Å². The minimum Gasteiger partial charge on any atom is -0.494 e. The molecule has 2 rings (SSSR count). The quantitative estimate of drug-likeness (QED) is 0.835. The summed E-state index contributed by atoms with van der Waals surface area (Å²) < 4.78 is 11.1. The van der Waals surface area contributed by atoms with E-state index in [9.17, 15) is 4.79 Å². The highest BCUT2D eigenvalue weighted by atomic mass is 16.5. The second kappa shape index (κ2) is 8.39. The van der Waals surface area contributed by atoms with Gasteiger partial charge in [0.15, 0.2) is 6.10 Å². The molecule has 2 atom stereocenters. The van der Waals surface area contributed by atoms with E-state index in [0.29, 0.717) is 12.4 Å². The van der Waals surface area contributed by atoms with Gasteiger partial charge in [-0.1, -0.05) is 24.3 Å². The highest BCUT2D eigenvalue weighted by Gasteiger charge is 2.17. The van der Waals surface area contributed by atoms with Gasteiger partial charge in [0.05, 0.1) is 12.6 Å². The normalized spacial score (nSPS) is 13.0. The van der Waals surface area contributed by atoms with Crippen LogP contribution in [0.3, 0.4) is 0 Å². The van der Waals surface area contributed by atoms with Crippen LogP contribution < -0.4 is 14.8 Å². The Labute approximate surface area is 143 Å². The van der Waals surface area contributed by atoms with Gasteiger partial charge in [-0.2, -0.15) is 0 Å². The van der Waals surface area contributed by atoms with Crippen molar-refractivity contribution in [1.29, 1.82) is 0 Å². The van der Waals surface area contributed by atoms with Crippen LogP contribution in [0.5, 0.6) is 11.5 Å². The molecule has 0 fully saturated rings. The van der Waals surface area contributed by atoms with Crippen LogP contribution in [0.2, 0.25) is 0 Å². The first-order valence-electron chi connectivity index (χ1n) is 8.26. The van der Waals surface area contributed by atoms with Crippen molar-refractivity contribution in [2.45, 2.75) is 39.8 Å². The Bertz CT molecular complexity index is 667. The first-order chi connectivity index (χ1) is 11.5. The molecule has 0 spiro atoms. The lowest BCUT2D eigenvalue weighted by molar-refractivity contribution is -0.127. The van der Waals surface area contributed by atoms with Crippen molar-refractivity contribution in [1.82, 2.24) is 5.32 Å². The van der Waals surface area contributed by atoms with Crippen LogP contribution in [0, 0.1) is 6.92 Å². The van der Waals surface area contributed by atoms with Crippen LogP contribution in [-0.2, 0) is 4.79 Å². The molecule has 1 N–H and O–H groups in total. The number of rotatable bonds is 7. The minimum atomic E-state index is -0.558. The minimum absolute atomic E-state index is 0.100. The first-order valence-corrected chi connectivity index (χ1v) is 8.26. The van der Waals surface area contributed by atoms with Crippen LogP contribution >= 0.6 is 0 Å². The molecule has 4 heteroatoms. The van der Waals surface area contributed by atoms with E-state index in [1.165, 1.54) is 0 Å².